The average molecular weight is 307 g/mol. The number of allylic oxidation sites excluding steroid dienone is 1. The number of alkyl halides is 3. The van der Waals surface area contributed by atoms with Crippen molar-refractivity contribution in [1.29, 1.82) is 0 Å². The summed E-state index contributed by atoms with van der Waals surface area (Å²) in [5, 5.41) is 5.36. The first-order valence-corrected chi connectivity index (χ1v) is 7.19. The Kier molecular flexibility index (Phi) is 6.30. The summed E-state index contributed by atoms with van der Waals surface area (Å²) in [7, 11) is 0. The van der Waals surface area contributed by atoms with Crippen LogP contribution in [0.1, 0.15) is 18.4 Å². The van der Waals surface area contributed by atoms with Crippen LogP contribution < -0.4 is 0 Å². The summed E-state index contributed by atoms with van der Waals surface area (Å²) in [6.45, 7) is 5.51. The van der Waals surface area contributed by atoms with E-state index in [2.05, 4.69) is 6.58 Å². The predicted molar refractivity (Wildman–Crippen MR) is 77.1 cm³/mol. The Balaban J connectivity index is 2.79. The smallest absolute Gasteiger partial charge is 0.348 e. The van der Waals surface area contributed by atoms with Crippen LogP contribution in [-0.2, 0) is 0 Å². The van der Waals surface area contributed by atoms with Crippen molar-refractivity contribution < 1.29 is 13.9 Å². The van der Waals surface area contributed by atoms with Gasteiger partial charge in [0.2, 0.25) is 0 Å². The zero-order chi connectivity index (χ0) is 14.5. The normalized spacial score (nSPS) is 15.0. The van der Waals surface area contributed by atoms with E-state index < -0.39 is 16.7 Å². The SMILES string of the molecule is C=CCC[C@@H](Sc1ccc(C)cc1)[C@@H](O)C(F)(F)Cl. The molecule has 1 rings (SSSR count). The van der Waals surface area contributed by atoms with Crippen molar-refractivity contribution in [1.82, 2.24) is 0 Å². The number of aliphatic hydroxyl groups excluding tert-OH is 1. The minimum Gasteiger partial charge on any atom is -0.384 e. The van der Waals surface area contributed by atoms with E-state index in [1.54, 1.807) is 6.08 Å². The van der Waals surface area contributed by atoms with Gasteiger partial charge in [0.15, 0.2) is 0 Å². The first-order chi connectivity index (χ1) is 8.84. The third-order valence-corrected chi connectivity index (χ3v) is 4.22. The molecule has 0 amide bonds. The average Bonchev–Trinajstić information content (AvgIpc) is 2.35. The van der Waals surface area contributed by atoms with Gasteiger partial charge in [0.25, 0.3) is 0 Å². The third kappa shape index (κ3) is 5.51. The van der Waals surface area contributed by atoms with E-state index in [0.29, 0.717) is 12.8 Å². The van der Waals surface area contributed by atoms with E-state index in [0.717, 1.165) is 10.5 Å². The molecule has 0 spiro atoms. The molecule has 0 saturated carbocycles. The second-order valence-corrected chi connectivity index (χ2v) is 6.14. The minimum atomic E-state index is -3.62. The van der Waals surface area contributed by atoms with Gasteiger partial charge in [0.1, 0.15) is 6.10 Å². The lowest BCUT2D eigenvalue weighted by atomic mass is 10.1. The highest BCUT2D eigenvalue weighted by molar-refractivity contribution is 8.00. The standard InChI is InChI=1S/C14H17ClF2OS/c1-3-4-5-12(13(18)14(15,16)17)19-11-8-6-10(2)7-9-11/h3,6-9,12-13,18H,1,4-5H2,2H3/t12-,13-/m1/s1. The Morgan fingerprint density at radius 3 is 2.47 bits per heavy atom. The maximum Gasteiger partial charge on any atom is 0.348 e. The molecule has 0 fully saturated rings. The molecule has 106 valence electrons. The van der Waals surface area contributed by atoms with Gasteiger partial charge in [-0.3, -0.25) is 0 Å². The van der Waals surface area contributed by atoms with E-state index in [1.807, 2.05) is 31.2 Å². The van der Waals surface area contributed by atoms with Crippen molar-refractivity contribution in [2.75, 3.05) is 0 Å². The molecule has 0 aliphatic carbocycles. The fourth-order valence-electron chi connectivity index (χ4n) is 1.57. The second-order valence-electron chi connectivity index (χ2n) is 4.32. The van der Waals surface area contributed by atoms with Crippen molar-refractivity contribution >= 4 is 23.4 Å². The quantitative estimate of drug-likeness (QED) is 0.451. The van der Waals surface area contributed by atoms with E-state index in [-0.39, 0.29) is 0 Å². The molecule has 0 aliphatic heterocycles. The molecule has 0 radical (unpaired) electrons. The number of rotatable bonds is 7. The number of thioether (sulfide) groups is 1. The van der Waals surface area contributed by atoms with Crippen LogP contribution >= 0.6 is 23.4 Å². The van der Waals surface area contributed by atoms with Gasteiger partial charge in [0.05, 0.1) is 0 Å². The van der Waals surface area contributed by atoms with Crippen LogP contribution in [0.25, 0.3) is 0 Å². The van der Waals surface area contributed by atoms with E-state index >= 15 is 0 Å². The van der Waals surface area contributed by atoms with Crippen LogP contribution in [0.3, 0.4) is 0 Å². The number of hydrogen-bond donors (Lipinski definition) is 1. The number of aryl methyl sites for hydroxylation is 1. The first kappa shape index (κ1) is 16.5. The molecule has 0 aromatic heterocycles. The van der Waals surface area contributed by atoms with Gasteiger partial charge in [0, 0.05) is 10.1 Å². The number of halogens is 3. The molecule has 5 heteroatoms. The van der Waals surface area contributed by atoms with Crippen molar-refractivity contribution in [2.24, 2.45) is 0 Å². The summed E-state index contributed by atoms with van der Waals surface area (Å²) in [5.74, 6) is 0. The Hall–Kier alpha value is -0.580. The lowest BCUT2D eigenvalue weighted by Gasteiger charge is -2.25. The molecular weight excluding hydrogens is 290 g/mol. The van der Waals surface area contributed by atoms with Crippen LogP contribution in [-0.4, -0.2) is 21.8 Å². The van der Waals surface area contributed by atoms with Gasteiger partial charge in [-0.2, -0.15) is 8.78 Å². The van der Waals surface area contributed by atoms with Gasteiger partial charge in [-0.25, -0.2) is 0 Å². The highest BCUT2D eigenvalue weighted by atomic mass is 35.5. The predicted octanol–water partition coefficient (Wildman–Crippen LogP) is 4.61. The fourth-order valence-corrected chi connectivity index (χ4v) is 2.99. The Labute approximate surface area is 121 Å². The van der Waals surface area contributed by atoms with Gasteiger partial charge in [-0.15, -0.1) is 18.3 Å². The second kappa shape index (κ2) is 7.27. The highest BCUT2D eigenvalue weighted by Gasteiger charge is 2.41. The molecule has 2 atom stereocenters. The Bertz CT molecular complexity index is 403. The molecule has 1 N–H and O–H groups in total. The molecule has 0 unspecified atom stereocenters. The topological polar surface area (TPSA) is 20.2 Å². The van der Waals surface area contributed by atoms with Crippen LogP contribution in [0.4, 0.5) is 8.78 Å². The van der Waals surface area contributed by atoms with Gasteiger partial charge >= 0.3 is 5.38 Å². The molecule has 1 aromatic rings. The van der Waals surface area contributed by atoms with Gasteiger partial charge < -0.3 is 5.11 Å². The fraction of sp³-hybridized carbons (Fsp3) is 0.429. The molecular formula is C14H17ClF2OS. The first-order valence-electron chi connectivity index (χ1n) is 5.93. The zero-order valence-corrected chi connectivity index (χ0v) is 12.2. The summed E-state index contributed by atoms with van der Waals surface area (Å²) in [5.41, 5.74) is 1.09. The lowest BCUT2D eigenvalue weighted by molar-refractivity contribution is -0.0415. The summed E-state index contributed by atoms with van der Waals surface area (Å²) >= 11 is 6.14. The number of benzene rings is 1. The lowest BCUT2D eigenvalue weighted by Crippen LogP contribution is -2.37. The Morgan fingerprint density at radius 2 is 2.00 bits per heavy atom. The van der Waals surface area contributed by atoms with Gasteiger partial charge in [-0.1, -0.05) is 23.8 Å². The van der Waals surface area contributed by atoms with E-state index in [4.69, 9.17) is 11.6 Å². The van der Waals surface area contributed by atoms with E-state index in [9.17, 15) is 13.9 Å². The zero-order valence-electron chi connectivity index (χ0n) is 10.7. The van der Waals surface area contributed by atoms with Crippen LogP contribution in [0.2, 0.25) is 0 Å². The molecule has 0 bridgehead atoms. The highest BCUT2D eigenvalue weighted by Crippen LogP contribution is 2.36. The summed E-state index contributed by atoms with van der Waals surface area (Å²) < 4.78 is 26.1. The monoisotopic (exact) mass is 306 g/mol. The maximum absolute atomic E-state index is 13.0. The number of aliphatic hydroxyl groups is 1. The molecule has 1 aromatic carbocycles. The molecule has 19 heavy (non-hydrogen) atoms. The molecule has 1 nitrogen and oxygen atoms in total. The third-order valence-electron chi connectivity index (χ3n) is 2.65. The van der Waals surface area contributed by atoms with Crippen molar-refractivity contribution in [3.63, 3.8) is 0 Å². The molecule has 0 aliphatic rings. The van der Waals surface area contributed by atoms with Crippen molar-refractivity contribution in [3.05, 3.63) is 42.5 Å². The number of hydrogen-bond acceptors (Lipinski definition) is 2. The summed E-state index contributed by atoms with van der Waals surface area (Å²) in [4.78, 5) is 0.833. The molecule has 0 saturated heterocycles. The maximum atomic E-state index is 13.0. The minimum absolute atomic E-state index is 0.394. The largest absolute Gasteiger partial charge is 0.384 e. The molecule has 0 heterocycles. The van der Waals surface area contributed by atoms with E-state index in [1.165, 1.54) is 11.8 Å². The van der Waals surface area contributed by atoms with Crippen LogP contribution in [0.5, 0.6) is 0 Å². The van der Waals surface area contributed by atoms with Crippen LogP contribution in [0.15, 0.2) is 41.8 Å². The van der Waals surface area contributed by atoms with Crippen LogP contribution in [0, 0.1) is 6.92 Å². The summed E-state index contributed by atoms with van der Waals surface area (Å²) in [6, 6.07) is 7.50. The summed E-state index contributed by atoms with van der Waals surface area (Å²) in [6.07, 6.45) is 0.696. The van der Waals surface area contributed by atoms with Crippen molar-refractivity contribution in [3.8, 4) is 0 Å². The van der Waals surface area contributed by atoms with Crippen molar-refractivity contribution in [2.45, 2.75) is 41.4 Å². The Morgan fingerprint density at radius 1 is 1.42 bits per heavy atom. The van der Waals surface area contributed by atoms with Gasteiger partial charge in [-0.05, 0) is 43.5 Å².